The third-order valence-electron chi connectivity index (χ3n) is 18.9. The molecular weight excluding hydrogens is 1520 g/mol. The first-order valence-corrected chi connectivity index (χ1v) is 42.8. The third-order valence-corrected chi connectivity index (χ3v) is 25.2. The van der Waals surface area contributed by atoms with Crippen molar-refractivity contribution in [3.8, 4) is 5.75 Å². The first-order valence-electron chi connectivity index (χ1n) is 37.4. The zero-order chi connectivity index (χ0) is 79.6. The molecular formula is C80H103N15O10S6. The van der Waals surface area contributed by atoms with E-state index in [1.165, 1.54) is 25.3 Å². The molecule has 2 aromatic carbocycles. The van der Waals surface area contributed by atoms with Gasteiger partial charge >= 0.3 is 0 Å². The molecule has 25 nitrogen and oxygen atoms in total. The molecule has 2 unspecified atom stereocenters. The number of hydrogen-bond acceptors (Lipinski definition) is 25. The lowest BCUT2D eigenvalue weighted by atomic mass is 9.84. The minimum absolute atomic E-state index is 0.00144. The minimum Gasteiger partial charge on any atom is -0.496 e. The van der Waals surface area contributed by atoms with Gasteiger partial charge in [-0.1, -0.05) is 122 Å². The van der Waals surface area contributed by atoms with Gasteiger partial charge in [-0.05, 0) is 119 Å². The van der Waals surface area contributed by atoms with Gasteiger partial charge in [-0.3, -0.25) is 28.8 Å². The number of thiazole rings is 3. The van der Waals surface area contributed by atoms with E-state index in [2.05, 4.69) is 144 Å². The smallest absolute Gasteiger partial charge is 0.257 e. The fourth-order valence-electron chi connectivity index (χ4n) is 12.8. The number of benzene rings is 2. The number of carbonyl (C=O) groups is 6. The van der Waals surface area contributed by atoms with Crippen LogP contribution in [0.1, 0.15) is 188 Å². The number of oxazole rings is 3. The Morgan fingerprint density at radius 3 is 1.33 bits per heavy atom. The first-order chi connectivity index (χ1) is 53.0. The first kappa shape index (κ1) is 84.7. The Morgan fingerprint density at radius 2 is 0.919 bits per heavy atom. The number of amides is 6. The second-order valence-corrected chi connectivity index (χ2v) is 37.7. The fraction of sp³-hybridized carbons (Fsp3) is 0.475. The summed E-state index contributed by atoms with van der Waals surface area (Å²) in [6.07, 6.45) is 23.9. The molecule has 9 heterocycles. The van der Waals surface area contributed by atoms with Crippen LogP contribution < -0.4 is 36.6 Å². The number of hydrogen-bond donors (Lipinski definition) is 6. The van der Waals surface area contributed by atoms with Crippen LogP contribution in [0.4, 0.5) is 26.8 Å². The zero-order valence-electron chi connectivity index (χ0n) is 65.2. The Kier molecular flexibility index (Phi) is 29.9. The van der Waals surface area contributed by atoms with Crippen LogP contribution in [0, 0.1) is 12.8 Å². The van der Waals surface area contributed by atoms with Gasteiger partial charge in [0.1, 0.15) is 23.0 Å². The van der Waals surface area contributed by atoms with Crippen molar-refractivity contribution in [2.24, 2.45) is 5.92 Å². The lowest BCUT2D eigenvalue weighted by Crippen LogP contribution is -2.48. The Bertz CT molecular complexity index is 4510. The molecule has 111 heavy (non-hydrogen) atoms. The van der Waals surface area contributed by atoms with E-state index < -0.39 is 0 Å². The summed E-state index contributed by atoms with van der Waals surface area (Å²) in [7, 11) is 1.51. The molecule has 3 aliphatic heterocycles. The van der Waals surface area contributed by atoms with E-state index in [0.29, 0.717) is 90.0 Å². The van der Waals surface area contributed by atoms with Gasteiger partial charge in [-0.25, -0.2) is 29.9 Å². The second kappa shape index (κ2) is 39.1. The van der Waals surface area contributed by atoms with Crippen molar-refractivity contribution in [3.63, 3.8) is 0 Å². The van der Waals surface area contributed by atoms with Gasteiger partial charge in [0, 0.05) is 109 Å². The highest BCUT2D eigenvalue weighted by Crippen LogP contribution is 2.38. The molecule has 1 saturated carbocycles. The standard InChI is InChI=1S/C27H33N5O4S2.C27H33N5O3S2.C26H37N5O3S2/c1-6-22(33)30-17-9-10-19(20(12-17)35-5)25(34)32-11-7-8-18(15-32)31-26-29-14-24(38-26)37-16-23-28-13-21(36-23)27(2,3)4;1-6-22(33)30-18-9-10-20(17(2)12-18)25(34)32-11-7-8-19(15-32)31-26-29-14-24(37-26)36-16-23-28-13-21(35-23)27(3,4)5;1-5-21(32)29-18-9-11-31(12-10-18)24(33)17-7-6-8-19(13-17)30-25-28-15-23(36-25)35-16-22-27-14-20(34-22)26(2,3)4/h6,9-10,12-14,18H,1,7-8,11,15-16H2,2-5H3,(H,29,31)(H,30,33);6,9-10,12-14,19H,1,7-8,11,15-16H2,2-5H3,(H,29,31)(H,30,33);5,14-15,17-19H,1,6-13,16H2,2-4H3,(H,28,30)(H,29,32)/t18-;19-;/m11./s1. The number of carbonyl (C=O) groups excluding carboxylic acids is 6. The normalized spacial score (nSPS) is 17.6. The molecule has 0 spiro atoms. The molecule has 4 atom stereocenters. The lowest BCUT2D eigenvalue weighted by Gasteiger charge is -2.37. The summed E-state index contributed by atoms with van der Waals surface area (Å²) in [5.74, 6) is 6.64. The summed E-state index contributed by atoms with van der Waals surface area (Å²) >= 11 is 9.80. The molecule has 31 heteroatoms. The SMILES string of the molecule is C=CC(=O)NC1CCN(C(=O)C2CCCC(Nc3ncc(SCc4ncc(C(C)(C)C)o4)s3)C2)CC1.C=CC(=O)Nc1ccc(C(=O)N2CCC[C@@H](Nc3ncc(SCc4ncc(C(C)(C)C)o4)s3)C2)c(C)c1.C=CC(=O)Nc1ccc(C(=O)N2CCC[C@@H](Nc3ncc(SCc4ncc(C(C)(C)C)o4)s3)C2)c(OC)c1. The summed E-state index contributed by atoms with van der Waals surface area (Å²) in [4.78, 5) is 107. The summed E-state index contributed by atoms with van der Waals surface area (Å²) < 4.78 is 26.4. The maximum absolute atomic E-state index is 13.3. The van der Waals surface area contributed by atoms with E-state index in [9.17, 15) is 28.8 Å². The quantitative estimate of drug-likeness (QED) is 0.0229. The van der Waals surface area contributed by atoms with Gasteiger partial charge in [-0.15, -0.1) is 35.3 Å². The van der Waals surface area contributed by atoms with Crippen molar-refractivity contribution in [2.45, 2.75) is 204 Å². The Hall–Kier alpha value is -8.75. The van der Waals surface area contributed by atoms with Gasteiger partial charge in [0.25, 0.3) is 11.8 Å². The number of rotatable bonds is 25. The number of likely N-dealkylation sites (tertiary alicyclic amines) is 3. The molecule has 594 valence electrons. The van der Waals surface area contributed by atoms with Crippen molar-refractivity contribution in [1.82, 2.24) is 49.9 Å². The number of piperidine rings is 3. The highest BCUT2D eigenvalue weighted by molar-refractivity contribution is 8.01. The maximum Gasteiger partial charge on any atom is 0.257 e. The highest BCUT2D eigenvalue weighted by Gasteiger charge is 2.35. The van der Waals surface area contributed by atoms with Crippen LogP contribution in [0.3, 0.4) is 0 Å². The van der Waals surface area contributed by atoms with E-state index >= 15 is 0 Å². The van der Waals surface area contributed by atoms with Crippen molar-refractivity contribution in [3.05, 3.63) is 163 Å². The molecule has 0 bridgehead atoms. The molecule has 12 rings (SSSR count). The molecule has 3 saturated heterocycles. The van der Waals surface area contributed by atoms with E-state index in [1.807, 2.05) is 58.7 Å². The second-order valence-electron chi connectivity index (χ2n) is 30.7. The van der Waals surface area contributed by atoms with Crippen LogP contribution in [0.5, 0.6) is 5.75 Å². The van der Waals surface area contributed by atoms with Crippen LogP contribution >= 0.6 is 69.3 Å². The minimum atomic E-state index is -0.327. The van der Waals surface area contributed by atoms with E-state index in [0.717, 1.165) is 128 Å². The van der Waals surface area contributed by atoms with Crippen molar-refractivity contribution in [1.29, 1.82) is 0 Å². The van der Waals surface area contributed by atoms with Gasteiger partial charge in [-0.2, -0.15) is 0 Å². The van der Waals surface area contributed by atoms with Gasteiger partial charge < -0.3 is 64.6 Å². The number of aryl methyl sites for hydroxylation is 1. The predicted molar refractivity (Wildman–Crippen MR) is 445 cm³/mol. The number of ether oxygens (including phenoxy) is 1. The van der Waals surface area contributed by atoms with Crippen molar-refractivity contribution in [2.75, 3.05) is 73.0 Å². The number of thioether (sulfide) groups is 3. The maximum atomic E-state index is 13.3. The Labute approximate surface area is 675 Å². The van der Waals surface area contributed by atoms with E-state index in [4.69, 9.17) is 18.0 Å². The number of nitrogens with zero attached hydrogens (tertiary/aromatic N) is 9. The van der Waals surface area contributed by atoms with Crippen molar-refractivity contribution < 1.29 is 46.8 Å². The van der Waals surface area contributed by atoms with Crippen LogP contribution in [-0.4, -0.2) is 151 Å². The van der Waals surface area contributed by atoms with E-state index in [1.54, 1.807) is 106 Å². The molecule has 6 aromatic heterocycles. The summed E-state index contributed by atoms with van der Waals surface area (Å²) in [5.41, 5.74) is 2.94. The molecule has 4 fully saturated rings. The number of nitrogens with one attached hydrogen (secondary N) is 6. The number of anilines is 5. The van der Waals surface area contributed by atoms with Crippen molar-refractivity contribution >= 4 is 132 Å². The fourth-order valence-corrected chi connectivity index (χ4v) is 18.2. The average molecular weight is 1630 g/mol. The molecule has 0 radical (unpaired) electrons. The van der Waals surface area contributed by atoms with Crippen LogP contribution in [-0.2, 0) is 52.7 Å². The van der Waals surface area contributed by atoms with Gasteiger partial charge in [0.2, 0.25) is 41.3 Å². The molecule has 4 aliphatic rings. The molecule has 8 aromatic rings. The summed E-state index contributed by atoms with van der Waals surface area (Å²) in [6, 6.07) is 10.9. The average Bonchev–Trinajstić information content (AvgIpc) is 1.82. The van der Waals surface area contributed by atoms with Gasteiger partial charge in [0.05, 0.1) is 79.7 Å². The highest BCUT2D eigenvalue weighted by atomic mass is 32.2. The number of aromatic nitrogens is 6. The van der Waals surface area contributed by atoms with Gasteiger partial charge in [0.15, 0.2) is 15.4 Å². The summed E-state index contributed by atoms with van der Waals surface area (Å²) in [6.45, 7) is 35.2. The zero-order valence-corrected chi connectivity index (χ0v) is 70.1. The lowest BCUT2D eigenvalue weighted by molar-refractivity contribution is -0.137. The van der Waals surface area contributed by atoms with Crippen LogP contribution in [0.2, 0.25) is 0 Å². The Morgan fingerprint density at radius 1 is 0.505 bits per heavy atom. The number of methoxy groups -OCH3 is 1. The van der Waals surface area contributed by atoms with E-state index in [-0.39, 0.29) is 81.8 Å². The Balaban J connectivity index is 0.000000177. The largest absolute Gasteiger partial charge is 0.496 e. The third kappa shape index (κ3) is 24.9. The monoisotopic (exact) mass is 1630 g/mol. The molecule has 6 N–H and O–H groups in total. The molecule has 1 aliphatic carbocycles. The topological polar surface area (TPSA) is 310 Å². The summed E-state index contributed by atoms with van der Waals surface area (Å²) in [5, 5.41) is 21.5. The molecule has 6 amide bonds. The van der Waals surface area contributed by atoms with Crippen LogP contribution in [0.15, 0.2) is 137 Å². The van der Waals surface area contributed by atoms with Crippen LogP contribution in [0.25, 0.3) is 0 Å². The predicted octanol–water partition coefficient (Wildman–Crippen LogP) is 16.4.